The maximum Gasteiger partial charge on any atom is 0.282 e. The summed E-state index contributed by atoms with van der Waals surface area (Å²) in [6, 6.07) is 5.77. The maximum atomic E-state index is 11.9. The van der Waals surface area contributed by atoms with Crippen LogP contribution in [-0.2, 0) is 0 Å². The SMILES string of the molecule is CC(C)(C#N)CNC(=O)c1cc(Cl)ccc1[N+](=O)[O-]. The van der Waals surface area contributed by atoms with Gasteiger partial charge in [-0.15, -0.1) is 0 Å². The van der Waals surface area contributed by atoms with Crippen molar-refractivity contribution in [1.29, 1.82) is 5.26 Å². The number of benzene rings is 1. The Morgan fingerprint density at radius 2 is 2.21 bits per heavy atom. The molecule has 0 aliphatic heterocycles. The zero-order valence-electron chi connectivity index (χ0n) is 10.4. The van der Waals surface area contributed by atoms with E-state index >= 15 is 0 Å². The van der Waals surface area contributed by atoms with E-state index in [0.29, 0.717) is 0 Å². The summed E-state index contributed by atoms with van der Waals surface area (Å²) in [5, 5.41) is 22.4. The number of halogens is 1. The van der Waals surface area contributed by atoms with Gasteiger partial charge in [-0.1, -0.05) is 11.6 Å². The fraction of sp³-hybridized carbons (Fsp3) is 0.333. The Morgan fingerprint density at radius 1 is 1.58 bits per heavy atom. The number of carbonyl (C=O) groups excluding carboxylic acids is 1. The van der Waals surface area contributed by atoms with Gasteiger partial charge in [0.15, 0.2) is 0 Å². The summed E-state index contributed by atoms with van der Waals surface area (Å²) in [5.74, 6) is -0.627. The summed E-state index contributed by atoms with van der Waals surface area (Å²) in [6.45, 7) is 3.39. The maximum absolute atomic E-state index is 11.9. The van der Waals surface area contributed by atoms with Crippen LogP contribution in [0.1, 0.15) is 24.2 Å². The molecule has 100 valence electrons. The average Bonchev–Trinajstić information content (AvgIpc) is 2.35. The molecule has 0 fully saturated rings. The summed E-state index contributed by atoms with van der Waals surface area (Å²) < 4.78 is 0. The predicted octanol–water partition coefficient (Wildman–Crippen LogP) is 2.53. The number of carbonyl (C=O) groups is 1. The van der Waals surface area contributed by atoms with Gasteiger partial charge < -0.3 is 5.32 Å². The van der Waals surface area contributed by atoms with Crippen molar-refractivity contribution in [3.05, 3.63) is 38.9 Å². The van der Waals surface area contributed by atoms with Crippen molar-refractivity contribution in [2.45, 2.75) is 13.8 Å². The van der Waals surface area contributed by atoms with Gasteiger partial charge in [-0.3, -0.25) is 14.9 Å². The normalized spacial score (nSPS) is 10.6. The van der Waals surface area contributed by atoms with Gasteiger partial charge in [0.25, 0.3) is 11.6 Å². The Balaban J connectivity index is 2.97. The van der Waals surface area contributed by atoms with E-state index in [0.717, 1.165) is 0 Å². The molecular weight excluding hydrogens is 270 g/mol. The van der Waals surface area contributed by atoms with Gasteiger partial charge in [-0.25, -0.2) is 0 Å². The lowest BCUT2D eigenvalue weighted by Crippen LogP contribution is -2.33. The smallest absolute Gasteiger partial charge is 0.282 e. The van der Waals surface area contributed by atoms with Crippen molar-refractivity contribution in [1.82, 2.24) is 5.32 Å². The summed E-state index contributed by atoms with van der Waals surface area (Å²) >= 11 is 5.73. The van der Waals surface area contributed by atoms with Crippen molar-refractivity contribution < 1.29 is 9.72 Å². The highest BCUT2D eigenvalue weighted by Crippen LogP contribution is 2.23. The van der Waals surface area contributed by atoms with E-state index in [2.05, 4.69) is 5.32 Å². The van der Waals surface area contributed by atoms with Crippen LogP contribution in [0.2, 0.25) is 5.02 Å². The molecule has 1 amide bonds. The third-order valence-corrected chi connectivity index (χ3v) is 2.63. The van der Waals surface area contributed by atoms with E-state index in [9.17, 15) is 14.9 Å². The quantitative estimate of drug-likeness (QED) is 0.677. The van der Waals surface area contributed by atoms with E-state index in [1.807, 2.05) is 6.07 Å². The van der Waals surface area contributed by atoms with Crippen LogP contribution in [0.4, 0.5) is 5.69 Å². The largest absolute Gasteiger partial charge is 0.350 e. The van der Waals surface area contributed by atoms with Crippen LogP contribution < -0.4 is 5.32 Å². The van der Waals surface area contributed by atoms with Gasteiger partial charge in [-0.05, 0) is 26.0 Å². The van der Waals surface area contributed by atoms with Gasteiger partial charge in [0, 0.05) is 17.6 Å². The molecule has 0 bridgehead atoms. The number of nitro groups is 1. The topological polar surface area (TPSA) is 96.0 Å². The van der Waals surface area contributed by atoms with Crippen molar-refractivity contribution in [2.24, 2.45) is 5.41 Å². The first-order chi connectivity index (χ1) is 8.76. The lowest BCUT2D eigenvalue weighted by atomic mass is 9.96. The summed E-state index contributed by atoms with van der Waals surface area (Å²) in [6.07, 6.45) is 0. The zero-order valence-corrected chi connectivity index (χ0v) is 11.2. The molecule has 0 heterocycles. The molecule has 0 spiro atoms. The second-order valence-corrected chi connectivity index (χ2v) is 5.03. The summed E-state index contributed by atoms with van der Waals surface area (Å²) in [4.78, 5) is 22.1. The standard InChI is InChI=1S/C12H12ClN3O3/c1-12(2,6-14)7-15-11(17)9-5-8(13)3-4-10(9)16(18)19/h3-5H,7H2,1-2H3,(H,15,17). The van der Waals surface area contributed by atoms with Crippen LogP contribution in [0.15, 0.2) is 18.2 Å². The molecule has 0 unspecified atom stereocenters. The van der Waals surface area contributed by atoms with Crippen LogP contribution in [0.3, 0.4) is 0 Å². The van der Waals surface area contributed by atoms with E-state index in [4.69, 9.17) is 16.9 Å². The highest BCUT2D eigenvalue weighted by Gasteiger charge is 2.23. The number of amides is 1. The minimum Gasteiger partial charge on any atom is -0.350 e. The van der Waals surface area contributed by atoms with Crippen LogP contribution in [0.25, 0.3) is 0 Å². The fourth-order valence-corrected chi connectivity index (χ4v) is 1.46. The third kappa shape index (κ3) is 3.93. The fourth-order valence-electron chi connectivity index (χ4n) is 1.29. The van der Waals surface area contributed by atoms with E-state index in [-0.39, 0.29) is 22.8 Å². The van der Waals surface area contributed by atoms with E-state index < -0.39 is 16.2 Å². The molecule has 0 saturated carbocycles. The van der Waals surface area contributed by atoms with Crippen LogP contribution in [-0.4, -0.2) is 17.4 Å². The van der Waals surface area contributed by atoms with Crippen LogP contribution in [0.5, 0.6) is 0 Å². The molecule has 0 aliphatic carbocycles. The molecule has 0 radical (unpaired) electrons. The van der Waals surface area contributed by atoms with Gasteiger partial charge in [-0.2, -0.15) is 5.26 Å². The first-order valence-electron chi connectivity index (χ1n) is 5.40. The lowest BCUT2D eigenvalue weighted by Gasteiger charge is -2.15. The minimum atomic E-state index is -0.747. The Kier molecular flexibility index (Phi) is 4.46. The molecule has 1 rings (SSSR count). The molecule has 7 heteroatoms. The van der Waals surface area contributed by atoms with E-state index in [1.54, 1.807) is 13.8 Å². The Hall–Kier alpha value is -2.13. The van der Waals surface area contributed by atoms with Crippen molar-refractivity contribution in [3.63, 3.8) is 0 Å². The third-order valence-electron chi connectivity index (χ3n) is 2.39. The molecule has 1 aromatic carbocycles. The molecule has 1 aromatic rings. The summed E-state index contributed by atoms with van der Waals surface area (Å²) in [5.41, 5.74) is -1.19. The molecule has 0 atom stereocenters. The second-order valence-electron chi connectivity index (χ2n) is 4.60. The zero-order chi connectivity index (χ0) is 14.6. The average molecular weight is 282 g/mol. The number of hydrogen-bond acceptors (Lipinski definition) is 4. The Labute approximate surface area is 115 Å². The molecule has 0 aliphatic rings. The Morgan fingerprint density at radius 3 is 2.74 bits per heavy atom. The van der Waals surface area contributed by atoms with E-state index in [1.165, 1.54) is 18.2 Å². The number of nitriles is 1. The number of nitro benzene ring substituents is 1. The van der Waals surface area contributed by atoms with Gasteiger partial charge in [0.2, 0.25) is 0 Å². The molecular formula is C12H12ClN3O3. The number of nitrogens with one attached hydrogen (secondary N) is 1. The summed E-state index contributed by atoms with van der Waals surface area (Å²) in [7, 11) is 0. The number of hydrogen-bond donors (Lipinski definition) is 1. The Bertz CT molecular complexity index is 564. The molecule has 0 aromatic heterocycles. The first kappa shape index (κ1) is 14.9. The predicted molar refractivity (Wildman–Crippen MR) is 69.8 cm³/mol. The minimum absolute atomic E-state index is 0.0893. The molecule has 0 saturated heterocycles. The molecule has 19 heavy (non-hydrogen) atoms. The highest BCUT2D eigenvalue weighted by molar-refractivity contribution is 6.31. The first-order valence-corrected chi connectivity index (χ1v) is 5.78. The van der Waals surface area contributed by atoms with Crippen LogP contribution >= 0.6 is 11.6 Å². The van der Waals surface area contributed by atoms with Crippen molar-refractivity contribution in [2.75, 3.05) is 6.54 Å². The van der Waals surface area contributed by atoms with Gasteiger partial charge >= 0.3 is 0 Å². The monoisotopic (exact) mass is 281 g/mol. The van der Waals surface area contributed by atoms with Crippen molar-refractivity contribution >= 4 is 23.2 Å². The highest BCUT2D eigenvalue weighted by atomic mass is 35.5. The lowest BCUT2D eigenvalue weighted by molar-refractivity contribution is -0.385. The second kappa shape index (κ2) is 5.67. The van der Waals surface area contributed by atoms with Gasteiger partial charge in [0.1, 0.15) is 5.56 Å². The van der Waals surface area contributed by atoms with Crippen LogP contribution in [0, 0.1) is 26.9 Å². The molecule has 6 nitrogen and oxygen atoms in total. The number of nitrogens with zero attached hydrogens (tertiary/aromatic N) is 2. The van der Waals surface area contributed by atoms with Crippen molar-refractivity contribution in [3.8, 4) is 6.07 Å². The van der Waals surface area contributed by atoms with Gasteiger partial charge in [0.05, 0.1) is 16.4 Å². The number of rotatable bonds is 4. The molecule has 1 N–H and O–H groups in total.